The minimum atomic E-state index is -2.45. The Labute approximate surface area is 78.0 Å². The van der Waals surface area contributed by atoms with Gasteiger partial charge in [0, 0.05) is 10.5 Å². The van der Waals surface area contributed by atoms with Crippen molar-refractivity contribution in [3.8, 4) is 0 Å². The Kier molecular flexibility index (Phi) is 2.92. The Morgan fingerprint density at radius 1 is 1.42 bits per heavy atom. The number of rotatable bonds is 1. The predicted molar refractivity (Wildman–Crippen MR) is 43.1 cm³/mol. The smallest absolute Gasteiger partial charge is 0.190 e. The van der Waals surface area contributed by atoms with Gasteiger partial charge in [0.05, 0.1) is 0 Å². The van der Waals surface area contributed by atoms with Crippen molar-refractivity contribution in [2.24, 2.45) is 0 Å². The van der Waals surface area contributed by atoms with Crippen molar-refractivity contribution in [1.29, 1.82) is 0 Å². The quantitative estimate of drug-likeness (QED) is 0.784. The molecule has 0 aliphatic carbocycles. The van der Waals surface area contributed by atoms with E-state index in [9.17, 15) is 13.0 Å². The van der Waals surface area contributed by atoms with Gasteiger partial charge in [-0.05, 0) is 22.0 Å². The Morgan fingerprint density at radius 2 is 2.00 bits per heavy atom. The Bertz CT molecular complexity index is 319. The van der Waals surface area contributed by atoms with Gasteiger partial charge in [-0.2, -0.15) is 0 Å². The molecule has 1 atom stereocenters. The molecular formula is C6H3BrF2O2S. The first-order valence-corrected chi connectivity index (χ1v) is 4.67. The fourth-order valence-electron chi connectivity index (χ4n) is 0.696. The summed E-state index contributed by atoms with van der Waals surface area (Å²) in [4.78, 5) is -0.448. The van der Waals surface area contributed by atoms with Gasteiger partial charge in [0.25, 0.3) is 0 Å². The molecule has 0 aliphatic heterocycles. The van der Waals surface area contributed by atoms with Crippen molar-refractivity contribution in [2.75, 3.05) is 0 Å². The second kappa shape index (κ2) is 3.59. The van der Waals surface area contributed by atoms with Crippen LogP contribution in [0, 0.1) is 11.6 Å². The molecule has 0 spiro atoms. The summed E-state index contributed by atoms with van der Waals surface area (Å²) in [5.41, 5.74) is 0. The number of halogens is 3. The van der Waals surface area contributed by atoms with Gasteiger partial charge in [0.1, 0.15) is 16.5 Å². The van der Waals surface area contributed by atoms with E-state index in [0.717, 1.165) is 6.07 Å². The first-order chi connectivity index (χ1) is 5.52. The lowest BCUT2D eigenvalue weighted by Gasteiger charge is -2.00. The summed E-state index contributed by atoms with van der Waals surface area (Å²) in [5.74, 6) is -1.84. The monoisotopic (exact) mass is 256 g/mol. The zero-order valence-electron chi connectivity index (χ0n) is 5.55. The third-order valence-electron chi connectivity index (χ3n) is 1.14. The second-order valence-corrected chi connectivity index (χ2v) is 3.71. The Hall–Kier alpha value is -0.330. The number of benzene rings is 1. The van der Waals surface area contributed by atoms with Crippen LogP contribution in [0.3, 0.4) is 0 Å². The van der Waals surface area contributed by atoms with E-state index in [2.05, 4.69) is 15.9 Å². The van der Waals surface area contributed by atoms with Gasteiger partial charge in [-0.1, -0.05) is 0 Å². The molecule has 1 unspecified atom stereocenters. The molecule has 1 aromatic carbocycles. The van der Waals surface area contributed by atoms with E-state index in [1.54, 1.807) is 0 Å². The van der Waals surface area contributed by atoms with Crippen LogP contribution in [0.2, 0.25) is 0 Å². The first kappa shape index (κ1) is 9.76. The highest BCUT2D eigenvalue weighted by Gasteiger charge is 2.13. The molecule has 1 rings (SSSR count). The molecule has 0 aromatic heterocycles. The molecule has 1 aromatic rings. The number of hydrogen-bond donors (Lipinski definition) is 1. The lowest BCUT2D eigenvalue weighted by Crippen LogP contribution is -1.96. The van der Waals surface area contributed by atoms with Crippen LogP contribution in [0.4, 0.5) is 8.78 Å². The Balaban J connectivity index is 3.38. The summed E-state index contributed by atoms with van der Waals surface area (Å²) in [6, 6.07) is 1.47. The highest BCUT2D eigenvalue weighted by molar-refractivity contribution is 9.10. The van der Waals surface area contributed by atoms with E-state index in [1.165, 1.54) is 0 Å². The van der Waals surface area contributed by atoms with Crippen LogP contribution in [0.15, 0.2) is 21.5 Å². The normalized spacial score (nSPS) is 13.0. The topological polar surface area (TPSA) is 37.3 Å². The summed E-state index contributed by atoms with van der Waals surface area (Å²) in [6.07, 6.45) is 0. The fraction of sp³-hybridized carbons (Fsp3) is 0. The zero-order chi connectivity index (χ0) is 9.30. The Morgan fingerprint density at radius 3 is 2.42 bits per heavy atom. The average molecular weight is 257 g/mol. The molecule has 0 aliphatic rings. The summed E-state index contributed by atoms with van der Waals surface area (Å²) in [6.45, 7) is 0. The maximum atomic E-state index is 12.7. The van der Waals surface area contributed by atoms with E-state index in [1.807, 2.05) is 0 Å². The molecule has 66 valence electrons. The van der Waals surface area contributed by atoms with E-state index >= 15 is 0 Å². The molecule has 0 fully saturated rings. The van der Waals surface area contributed by atoms with Gasteiger partial charge >= 0.3 is 0 Å². The average Bonchev–Trinajstić information content (AvgIpc) is 1.82. The van der Waals surface area contributed by atoms with Crippen LogP contribution < -0.4 is 0 Å². The molecule has 0 bridgehead atoms. The van der Waals surface area contributed by atoms with Crippen LogP contribution in [0.5, 0.6) is 0 Å². The van der Waals surface area contributed by atoms with Crippen LogP contribution in [-0.4, -0.2) is 8.76 Å². The minimum Gasteiger partial charge on any atom is -0.302 e. The molecule has 1 N–H and O–H groups in total. The third kappa shape index (κ3) is 1.88. The molecular weight excluding hydrogens is 254 g/mol. The summed E-state index contributed by atoms with van der Waals surface area (Å²) in [7, 11) is 0. The van der Waals surface area contributed by atoms with Crippen molar-refractivity contribution in [3.63, 3.8) is 0 Å². The molecule has 12 heavy (non-hydrogen) atoms. The summed E-state index contributed by atoms with van der Waals surface area (Å²) in [5, 5.41) is 0. The second-order valence-electron chi connectivity index (χ2n) is 1.95. The highest BCUT2D eigenvalue weighted by atomic mass is 79.9. The summed E-state index contributed by atoms with van der Waals surface area (Å²) < 4.78 is 44.1. The molecule has 0 saturated heterocycles. The van der Waals surface area contributed by atoms with Crippen molar-refractivity contribution in [2.45, 2.75) is 4.90 Å². The van der Waals surface area contributed by atoms with Gasteiger partial charge in [0.2, 0.25) is 0 Å². The van der Waals surface area contributed by atoms with Crippen LogP contribution in [0.1, 0.15) is 0 Å². The van der Waals surface area contributed by atoms with Gasteiger partial charge < -0.3 is 4.55 Å². The molecule has 0 amide bonds. The van der Waals surface area contributed by atoms with Gasteiger partial charge in [0.15, 0.2) is 11.1 Å². The fourth-order valence-corrected chi connectivity index (χ4v) is 1.97. The summed E-state index contributed by atoms with van der Waals surface area (Å²) >= 11 is 0.317. The van der Waals surface area contributed by atoms with Crippen molar-refractivity contribution >= 4 is 27.0 Å². The van der Waals surface area contributed by atoms with Crippen LogP contribution in [0.25, 0.3) is 0 Å². The van der Waals surface area contributed by atoms with Gasteiger partial charge in [-0.15, -0.1) is 0 Å². The maximum absolute atomic E-state index is 12.7. The minimum absolute atomic E-state index is 0.0548. The largest absolute Gasteiger partial charge is 0.302 e. The maximum Gasteiger partial charge on any atom is 0.190 e. The first-order valence-electron chi connectivity index (χ1n) is 2.78. The van der Waals surface area contributed by atoms with E-state index in [0.29, 0.717) is 6.07 Å². The molecule has 0 heterocycles. The predicted octanol–water partition coefficient (Wildman–Crippen LogP) is 2.31. The number of hydrogen-bond acceptors (Lipinski definition) is 1. The molecule has 0 radical (unpaired) electrons. The SMILES string of the molecule is O=S(O)c1c(F)cc(F)cc1Br. The standard InChI is InChI=1S/C6H3BrF2O2S/c7-4-1-3(8)2-5(9)6(4)12(10)11/h1-2H,(H,10,11). The van der Waals surface area contributed by atoms with E-state index in [4.69, 9.17) is 4.55 Å². The van der Waals surface area contributed by atoms with E-state index in [-0.39, 0.29) is 4.47 Å². The van der Waals surface area contributed by atoms with E-state index < -0.39 is 27.6 Å². The van der Waals surface area contributed by atoms with Crippen LogP contribution in [-0.2, 0) is 11.1 Å². The van der Waals surface area contributed by atoms with Crippen molar-refractivity contribution in [3.05, 3.63) is 28.2 Å². The van der Waals surface area contributed by atoms with Crippen LogP contribution >= 0.6 is 15.9 Å². The van der Waals surface area contributed by atoms with Crippen molar-refractivity contribution < 1.29 is 17.5 Å². The highest BCUT2D eigenvalue weighted by Crippen LogP contribution is 2.23. The lowest BCUT2D eigenvalue weighted by atomic mass is 10.3. The molecule has 0 saturated carbocycles. The third-order valence-corrected chi connectivity index (χ3v) is 2.79. The molecule has 2 nitrogen and oxygen atoms in total. The van der Waals surface area contributed by atoms with Gasteiger partial charge in [-0.25, -0.2) is 13.0 Å². The molecule has 6 heteroatoms. The lowest BCUT2D eigenvalue weighted by molar-refractivity contribution is 0.532. The zero-order valence-corrected chi connectivity index (χ0v) is 7.95. The van der Waals surface area contributed by atoms with Gasteiger partial charge in [-0.3, -0.25) is 0 Å². The van der Waals surface area contributed by atoms with Crippen molar-refractivity contribution in [1.82, 2.24) is 0 Å².